The highest BCUT2D eigenvalue weighted by molar-refractivity contribution is 5.99. The molecule has 1 aliphatic heterocycles. The number of anilines is 1. The number of piperidine rings is 1. The van der Waals surface area contributed by atoms with Gasteiger partial charge in [0.1, 0.15) is 6.04 Å². The molecule has 1 aliphatic rings. The Bertz CT molecular complexity index is 684. The van der Waals surface area contributed by atoms with Gasteiger partial charge in [-0.1, -0.05) is 13.0 Å². The first-order chi connectivity index (χ1) is 11.8. The zero-order chi connectivity index (χ0) is 18.6. The Morgan fingerprint density at radius 2 is 1.92 bits per heavy atom. The summed E-state index contributed by atoms with van der Waals surface area (Å²) in [4.78, 5) is 38.0. The molecular formula is C19H26N2O4. The summed E-state index contributed by atoms with van der Waals surface area (Å²) in [6, 6.07) is 2.76. The van der Waals surface area contributed by atoms with Gasteiger partial charge in [0.05, 0.1) is 5.56 Å². The zero-order valence-corrected chi connectivity index (χ0v) is 15.1. The average molecular weight is 346 g/mol. The van der Waals surface area contributed by atoms with Gasteiger partial charge < -0.3 is 15.3 Å². The van der Waals surface area contributed by atoms with E-state index in [-0.39, 0.29) is 17.4 Å². The molecule has 0 aliphatic carbocycles. The summed E-state index contributed by atoms with van der Waals surface area (Å²) in [6.45, 7) is 6.10. The fourth-order valence-electron chi connectivity index (χ4n) is 3.29. The number of carbonyl (C=O) groups excluding carboxylic acids is 2. The number of aromatic carboxylic acids is 1. The number of carbonyl (C=O) groups is 3. The maximum Gasteiger partial charge on any atom is 0.336 e. The highest BCUT2D eigenvalue weighted by atomic mass is 16.4. The van der Waals surface area contributed by atoms with Crippen molar-refractivity contribution >= 4 is 23.5 Å². The molecule has 2 N–H and O–H groups in total. The van der Waals surface area contributed by atoms with Gasteiger partial charge in [-0.15, -0.1) is 0 Å². The molecule has 136 valence electrons. The molecular weight excluding hydrogens is 320 g/mol. The van der Waals surface area contributed by atoms with Crippen LogP contribution in [-0.2, 0) is 9.59 Å². The summed E-state index contributed by atoms with van der Waals surface area (Å²) in [5.74, 6) is -1.26. The zero-order valence-electron chi connectivity index (χ0n) is 15.1. The number of nitrogens with zero attached hydrogens (tertiary/aromatic N) is 1. The third kappa shape index (κ3) is 4.38. The first-order valence-corrected chi connectivity index (χ1v) is 8.80. The van der Waals surface area contributed by atoms with Crippen LogP contribution in [0.15, 0.2) is 12.1 Å². The lowest BCUT2D eigenvalue weighted by Crippen LogP contribution is -2.50. The summed E-state index contributed by atoms with van der Waals surface area (Å²) < 4.78 is 0. The molecule has 1 heterocycles. The summed E-state index contributed by atoms with van der Waals surface area (Å²) in [6.07, 6.45) is 3.64. The Hall–Kier alpha value is -2.37. The van der Waals surface area contributed by atoms with E-state index in [0.29, 0.717) is 30.6 Å². The number of rotatable bonds is 5. The van der Waals surface area contributed by atoms with Crippen LogP contribution < -0.4 is 5.32 Å². The van der Waals surface area contributed by atoms with Crippen LogP contribution in [0.1, 0.15) is 60.5 Å². The Morgan fingerprint density at radius 3 is 2.56 bits per heavy atom. The minimum absolute atomic E-state index is 0.00852. The summed E-state index contributed by atoms with van der Waals surface area (Å²) in [7, 11) is 0. The van der Waals surface area contributed by atoms with Crippen LogP contribution in [-0.4, -0.2) is 40.4 Å². The highest BCUT2D eigenvalue weighted by Gasteiger charge is 2.31. The second-order valence-corrected chi connectivity index (χ2v) is 6.63. The molecule has 1 aromatic rings. The SMILES string of the molecule is CCCC(=O)N1CCCCC1C(=O)Nc1cc(C(=O)O)c(C)cc1C. The maximum absolute atomic E-state index is 12.8. The van der Waals surface area contributed by atoms with Gasteiger partial charge in [-0.05, 0) is 56.7 Å². The number of amides is 2. The Kier molecular flexibility index (Phi) is 6.17. The highest BCUT2D eigenvalue weighted by Crippen LogP contribution is 2.24. The van der Waals surface area contributed by atoms with Crippen LogP contribution in [0.2, 0.25) is 0 Å². The third-order valence-corrected chi connectivity index (χ3v) is 4.65. The number of likely N-dealkylation sites (tertiary alicyclic amines) is 1. The molecule has 0 aromatic heterocycles. The van der Waals surface area contributed by atoms with Crippen LogP contribution in [0.25, 0.3) is 0 Å². The van der Waals surface area contributed by atoms with Crippen molar-refractivity contribution < 1.29 is 19.5 Å². The van der Waals surface area contributed by atoms with Gasteiger partial charge in [-0.3, -0.25) is 9.59 Å². The number of benzene rings is 1. The average Bonchev–Trinajstić information content (AvgIpc) is 2.57. The molecule has 1 saturated heterocycles. The third-order valence-electron chi connectivity index (χ3n) is 4.65. The van der Waals surface area contributed by atoms with E-state index in [4.69, 9.17) is 0 Å². The molecule has 1 fully saturated rings. The number of aryl methyl sites for hydroxylation is 2. The number of nitrogens with one attached hydrogen (secondary N) is 1. The molecule has 6 nitrogen and oxygen atoms in total. The molecule has 0 bridgehead atoms. The van der Waals surface area contributed by atoms with Crippen molar-refractivity contribution in [3.8, 4) is 0 Å². The lowest BCUT2D eigenvalue weighted by molar-refractivity contribution is -0.140. The second-order valence-electron chi connectivity index (χ2n) is 6.63. The van der Waals surface area contributed by atoms with E-state index in [2.05, 4.69) is 5.32 Å². The van der Waals surface area contributed by atoms with Crippen molar-refractivity contribution in [1.29, 1.82) is 0 Å². The van der Waals surface area contributed by atoms with Gasteiger partial charge in [-0.25, -0.2) is 4.79 Å². The van der Waals surface area contributed by atoms with Gasteiger partial charge in [0, 0.05) is 18.7 Å². The minimum atomic E-state index is -1.02. The first-order valence-electron chi connectivity index (χ1n) is 8.80. The minimum Gasteiger partial charge on any atom is -0.478 e. The van der Waals surface area contributed by atoms with Crippen molar-refractivity contribution in [2.24, 2.45) is 0 Å². The standard InChI is InChI=1S/C19H26N2O4/c1-4-7-17(22)21-9-6-5-8-16(21)18(23)20-15-11-14(19(24)25)12(2)10-13(15)3/h10-11,16H,4-9H2,1-3H3,(H,20,23)(H,24,25). The van der Waals surface area contributed by atoms with Crippen molar-refractivity contribution in [3.05, 3.63) is 28.8 Å². The summed E-state index contributed by atoms with van der Waals surface area (Å²) >= 11 is 0. The van der Waals surface area contributed by atoms with Crippen molar-refractivity contribution in [1.82, 2.24) is 4.90 Å². The quantitative estimate of drug-likeness (QED) is 0.857. The molecule has 0 radical (unpaired) electrons. The topological polar surface area (TPSA) is 86.7 Å². The van der Waals surface area contributed by atoms with E-state index in [1.165, 1.54) is 6.07 Å². The van der Waals surface area contributed by atoms with Gasteiger partial charge in [0.15, 0.2) is 0 Å². The largest absolute Gasteiger partial charge is 0.478 e. The number of carboxylic acids is 1. The van der Waals surface area contributed by atoms with Crippen molar-refractivity contribution in [3.63, 3.8) is 0 Å². The summed E-state index contributed by atoms with van der Waals surface area (Å²) in [5, 5.41) is 12.1. The van der Waals surface area contributed by atoms with Gasteiger partial charge >= 0.3 is 5.97 Å². The second kappa shape index (κ2) is 8.14. The fraction of sp³-hybridized carbons (Fsp3) is 0.526. The van der Waals surface area contributed by atoms with E-state index in [0.717, 1.165) is 24.8 Å². The van der Waals surface area contributed by atoms with Crippen LogP contribution >= 0.6 is 0 Å². The normalized spacial score (nSPS) is 17.2. The fourth-order valence-corrected chi connectivity index (χ4v) is 3.29. The van der Waals surface area contributed by atoms with Gasteiger partial charge in [-0.2, -0.15) is 0 Å². The van der Waals surface area contributed by atoms with E-state index in [1.54, 1.807) is 17.9 Å². The van der Waals surface area contributed by atoms with Gasteiger partial charge in [0.2, 0.25) is 11.8 Å². The molecule has 1 unspecified atom stereocenters. The molecule has 0 saturated carbocycles. The van der Waals surface area contributed by atoms with Crippen LogP contribution in [0.4, 0.5) is 5.69 Å². The predicted octanol–water partition coefficient (Wildman–Crippen LogP) is 3.12. The lowest BCUT2D eigenvalue weighted by Gasteiger charge is -2.35. The molecule has 6 heteroatoms. The van der Waals surface area contributed by atoms with Crippen LogP contribution in [0.5, 0.6) is 0 Å². The maximum atomic E-state index is 12.8. The molecule has 1 atom stereocenters. The van der Waals surface area contributed by atoms with Gasteiger partial charge in [0.25, 0.3) is 0 Å². The van der Waals surface area contributed by atoms with Crippen molar-refractivity contribution in [2.45, 2.75) is 58.9 Å². The molecule has 0 spiro atoms. The van der Waals surface area contributed by atoms with E-state index >= 15 is 0 Å². The Balaban J connectivity index is 2.21. The van der Waals surface area contributed by atoms with Crippen LogP contribution in [0, 0.1) is 13.8 Å². The number of hydrogen-bond donors (Lipinski definition) is 2. The molecule has 2 amide bonds. The number of hydrogen-bond acceptors (Lipinski definition) is 3. The first kappa shape index (κ1) is 19.0. The smallest absolute Gasteiger partial charge is 0.336 e. The Morgan fingerprint density at radius 1 is 1.20 bits per heavy atom. The molecule has 1 aromatic carbocycles. The number of carboxylic acid groups (broad SMARTS) is 1. The van der Waals surface area contributed by atoms with Crippen LogP contribution in [0.3, 0.4) is 0 Å². The van der Waals surface area contributed by atoms with Crippen molar-refractivity contribution in [2.75, 3.05) is 11.9 Å². The molecule has 2 rings (SSSR count). The predicted molar refractivity (Wildman–Crippen MR) is 95.8 cm³/mol. The van der Waals surface area contributed by atoms with E-state index in [1.807, 2.05) is 13.8 Å². The van der Waals surface area contributed by atoms with E-state index in [9.17, 15) is 19.5 Å². The molecule has 25 heavy (non-hydrogen) atoms. The Labute approximate surface area is 148 Å². The lowest BCUT2D eigenvalue weighted by atomic mass is 9.99. The summed E-state index contributed by atoms with van der Waals surface area (Å²) in [5.41, 5.74) is 2.11. The van der Waals surface area contributed by atoms with E-state index < -0.39 is 12.0 Å². The monoisotopic (exact) mass is 346 g/mol.